The molecule has 1 fully saturated rings. The summed E-state index contributed by atoms with van der Waals surface area (Å²) in [4.78, 5) is 39.4. The van der Waals surface area contributed by atoms with Crippen LogP contribution in [0.4, 0.5) is 5.69 Å². The highest BCUT2D eigenvalue weighted by Gasteiger charge is 2.25. The number of piperazine rings is 1. The smallest absolute Gasteiger partial charge is 0.338 e. The molecule has 1 aliphatic heterocycles. The highest BCUT2D eigenvalue weighted by Crippen LogP contribution is 2.21. The van der Waals surface area contributed by atoms with Crippen molar-refractivity contribution in [3.05, 3.63) is 74.3 Å². The van der Waals surface area contributed by atoms with E-state index in [0.29, 0.717) is 31.2 Å². The van der Waals surface area contributed by atoms with Crippen LogP contribution in [-0.4, -0.2) is 59.4 Å². The number of amides is 1. The van der Waals surface area contributed by atoms with E-state index in [1.54, 1.807) is 11.8 Å². The van der Waals surface area contributed by atoms with Gasteiger partial charge in [0.05, 0.1) is 17.1 Å². The van der Waals surface area contributed by atoms with Crippen molar-refractivity contribution in [2.45, 2.75) is 13.5 Å². The molecule has 3 rings (SSSR count). The van der Waals surface area contributed by atoms with Gasteiger partial charge >= 0.3 is 5.97 Å². The van der Waals surface area contributed by atoms with Gasteiger partial charge in [-0.1, -0.05) is 23.7 Å². The number of nitro groups is 1. The van der Waals surface area contributed by atoms with Crippen molar-refractivity contribution in [2.75, 3.05) is 32.8 Å². The minimum Gasteiger partial charge on any atom is -0.462 e. The molecule has 0 aliphatic carbocycles. The van der Waals surface area contributed by atoms with Crippen LogP contribution in [0.25, 0.3) is 0 Å². The zero-order valence-electron chi connectivity index (χ0n) is 16.5. The Balaban J connectivity index is 1.68. The second kappa shape index (κ2) is 9.69. The quantitative estimate of drug-likeness (QED) is 0.395. The SMILES string of the molecule is CCOC(=O)c1cc(C(=O)N2CCN(Cc3ccc(Cl)cc3)CC2)cc([N+](=O)[O-])c1. The number of nitro benzene ring substituents is 1. The third-order valence-corrected chi connectivity index (χ3v) is 5.12. The highest BCUT2D eigenvalue weighted by molar-refractivity contribution is 6.30. The zero-order chi connectivity index (χ0) is 21.7. The average molecular weight is 432 g/mol. The van der Waals surface area contributed by atoms with Crippen LogP contribution in [0.1, 0.15) is 33.2 Å². The second-order valence-corrected chi connectivity index (χ2v) is 7.38. The lowest BCUT2D eigenvalue weighted by atomic mass is 10.1. The Morgan fingerprint density at radius 3 is 2.30 bits per heavy atom. The minimum atomic E-state index is -0.692. The Hall–Kier alpha value is -2.97. The highest BCUT2D eigenvalue weighted by atomic mass is 35.5. The van der Waals surface area contributed by atoms with Gasteiger partial charge in [0.25, 0.3) is 11.6 Å². The summed E-state index contributed by atoms with van der Waals surface area (Å²) < 4.78 is 4.92. The van der Waals surface area contributed by atoms with Crippen LogP contribution < -0.4 is 0 Å². The van der Waals surface area contributed by atoms with Crippen molar-refractivity contribution in [1.29, 1.82) is 0 Å². The number of esters is 1. The Labute approximate surface area is 179 Å². The Morgan fingerprint density at radius 2 is 1.70 bits per heavy atom. The molecule has 158 valence electrons. The molecule has 1 aliphatic rings. The largest absolute Gasteiger partial charge is 0.462 e. The number of ether oxygens (including phenoxy) is 1. The number of hydrogen-bond donors (Lipinski definition) is 0. The maximum absolute atomic E-state index is 12.9. The van der Waals surface area contributed by atoms with Gasteiger partial charge in [-0.15, -0.1) is 0 Å². The first-order valence-corrected chi connectivity index (χ1v) is 9.98. The van der Waals surface area contributed by atoms with E-state index in [4.69, 9.17) is 16.3 Å². The Morgan fingerprint density at radius 1 is 1.07 bits per heavy atom. The van der Waals surface area contributed by atoms with Crippen molar-refractivity contribution >= 4 is 29.2 Å². The van der Waals surface area contributed by atoms with Crippen molar-refractivity contribution < 1.29 is 19.2 Å². The number of nitrogens with zero attached hydrogens (tertiary/aromatic N) is 3. The van der Waals surface area contributed by atoms with E-state index in [-0.39, 0.29) is 29.3 Å². The normalized spacial score (nSPS) is 14.4. The van der Waals surface area contributed by atoms with Crippen LogP contribution in [0.15, 0.2) is 42.5 Å². The van der Waals surface area contributed by atoms with Gasteiger partial charge < -0.3 is 9.64 Å². The fraction of sp³-hybridized carbons (Fsp3) is 0.333. The maximum Gasteiger partial charge on any atom is 0.338 e. The number of carbonyl (C=O) groups excluding carboxylic acids is 2. The van der Waals surface area contributed by atoms with Gasteiger partial charge in [0, 0.05) is 55.4 Å². The first-order chi connectivity index (χ1) is 14.4. The van der Waals surface area contributed by atoms with Crippen molar-refractivity contribution in [3.63, 3.8) is 0 Å². The van der Waals surface area contributed by atoms with E-state index in [0.717, 1.165) is 18.2 Å². The molecule has 1 amide bonds. The van der Waals surface area contributed by atoms with Crippen molar-refractivity contribution in [3.8, 4) is 0 Å². The zero-order valence-corrected chi connectivity index (χ0v) is 17.3. The van der Waals surface area contributed by atoms with Gasteiger partial charge in [0.1, 0.15) is 0 Å². The third-order valence-electron chi connectivity index (χ3n) is 4.87. The van der Waals surface area contributed by atoms with E-state index in [2.05, 4.69) is 4.90 Å². The van der Waals surface area contributed by atoms with Crippen molar-refractivity contribution in [1.82, 2.24) is 9.80 Å². The van der Waals surface area contributed by atoms with E-state index < -0.39 is 10.9 Å². The lowest BCUT2D eigenvalue weighted by Crippen LogP contribution is -2.48. The molecule has 0 saturated carbocycles. The molecule has 30 heavy (non-hydrogen) atoms. The van der Waals surface area contributed by atoms with Gasteiger partial charge in [-0.25, -0.2) is 4.79 Å². The number of hydrogen-bond acceptors (Lipinski definition) is 6. The summed E-state index contributed by atoms with van der Waals surface area (Å²) >= 11 is 5.92. The number of rotatable bonds is 6. The van der Waals surface area contributed by atoms with E-state index >= 15 is 0 Å². The predicted octanol–water partition coefficient (Wildman–Crippen LogP) is 3.38. The molecule has 0 unspecified atom stereocenters. The molecule has 0 spiro atoms. The molecule has 8 nitrogen and oxygen atoms in total. The molecule has 0 aromatic heterocycles. The van der Waals surface area contributed by atoms with Crippen LogP contribution in [0, 0.1) is 10.1 Å². The predicted molar refractivity (Wildman–Crippen MR) is 112 cm³/mol. The first-order valence-electron chi connectivity index (χ1n) is 9.60. The van der Waals surface area contributed by atoms with Crippen LogP contribution in [0.5, 0.6) is 0 Å². The van der Waals surface area contributed by atoms with Gasteiger partial charge in [0.15, 0.2) is 0 Å². The summed E-state index contributed by atoms with van der Waals surface area (Å²) in [7, 11) is 0. The van der Waals surface area contributed by atoms with E-state index in [1.807, 2.05) is 24.3 Å². The summed E-state index contributed by atoms with van der Waals surface area (Å²) in [6.07, 6.45) is 0. The maximum atomic E-state index is 12.9. The molecule has 9 heteroatoms. The molecule has 1 saturated heterocycles. The van der Waals surface area contributed by atoms with Crippen LogP contribution in [-0.2, 0) is 11.3 Å². The fourth-order valence-electron chi connectivity index (χ4n) is 3.31. The second-order valence-electron chi connectivity index (χ2n) is 6.94. The molecule has 1 heterocycles. The molecule has 0 radical (unpaired) electrons. The summed E-state index contributed by atoms with van der Waals surface area (Å²) in [5, 5.41) is 11.9. The number of halogens is 1. The van der Waals surface area contributed by atoms with Crippen LogP contribution in [0.3, 0.4) is 0 Å². The summed E-state index contributed by atoms with van der Waals surface area (Å²) in [6, 6.07) is 11.3. The summed E-state index contributed by atoms with van der Waals surface area (Å²) in [6.45, 7) is 4.87. The van der Waals surface area contributed by atoms with Crippen LogP contribution in [0.2, 0.25) is 5.02 Å². The van der Waals surface area contributed by atoms with Crippen molar-refractivity contribution in [2.24, 2.45) is 0 Å². The number of non-ortho nitro benzene ring substituents is 1. The van der Waals surface area contributed by atoms with Gasteiger partial charge in [-0.05, 0) is 30.7 Å². The van der Waals surface area contributed by atoms with Gasteiger partial charge in [-0.2, -0.15) is 0 Å². The lowest BCUT2D eigenvalue weighted by molar-refractivity contribution is -0.384. The number of benzene rings is 2. The topological polar surface area (TPSA) is 93.0 Å². The molecule has 0 bridgehead atoms. The molecule has 0 atom stereocenters. The Bertz CT molecular complexity index is 940. The molecule has 2 aromatic rings. The van der Waals surface area contributed by atoms with E-state index in [1.165, 1.54) is 12.1 Å². The van der Waals surface area contributed by atoms with E-state index in [9.17, 15) is 19.7 Å². The lowest BCUT2D eigenvalue weighted by Gasteiger charge is -2.34. The molecular formula is C21H22ClN3O5. The monoisotopic (exact) mass is 431 g/mol. The third kappa shape index (κ3) is 5.34. The standard InChI is InChI=1S/C21H22ClN3O5/c1-2-30-21(27)17-11-16(12-19(13-17)25(28)29)20(26)24-9-7-23(8-10-24)14-15-3-5-18(22)6-4-15/h3-6,11-13H,2,7-10,14H2,1H3. The average Bonchev–Trinajstić information content (AvgIpc) is 2.75. The summed E-state index contributed by atoms with van der Waals surface area (Å²) in [5.74, 6) is -1.03. The molecule has 2 aromatic carbocycles. The minimum absolute atomic E-state index is 0.00391. The summed E-state index contributed by atoms with van der Waals surface area (Å²) in [5.41, 5.74) is 0.927. The molecule has 0 N–H and O–H groups in total. The van der Waals surface area contributed by atoms with Gasteiger partial charge in [0.2, 0.25) is 0 Å². The fourth-order valence-corrected chi connectivity index (χ4v) is 3.44. The van der Waals surface area contributed by atoms with Gasteiger partial charge in [-0.3, -0.25) is 19.8 Å². The van der Waals surface area contributed by atoms with Crippen LogP contribution >= 0.6 is 11.6 Å². The molecular weight excluding hydrogens is 410 g/mol. The number of carbonyl (C=O) groups is 2. The Kier molecular flexibility index (Phi) is 7.02. The first kappa shape index (κ1) is 21.7.